The van der Waals surface area contributed by atoms with Crippen LogP contribution in [0.4, 0.5) is 8.28 Å². The molecule has 0 saturated carbocycles. The molecule has 74 valence electrons. The van der Waals surface area contributed by atoms with Crippen LogP contribution < -0.4 is 0 Å². The summed E-state index contributed by atoms with van der Waals surface area (Å²) in [6.07, 6.45) is 0. The standard InChI is InChI=1S/C6HBrClF2N3S/c7-4-2(9)1-3-5(12-4)13(14-10)6(8)11-3/h1H. The van der Waals surface area contributed by atoms with E-state index in [2.05, 4.69) is 25.9 Å². The van der Waals surface area contributed by atoms with Gasteiger partial charge < -0.3 is 0 Å². The summed E-state index contributed by atoms with van der Waals surface area (Å²) in [7, 11) is 0. The number of nitrogens with zero attached hydrogens (tertiary/aromatic N) is 3. The summed E-state index contributed by atoms with van der Waals surface area (Å²) >= 11 is 8.34. The normalized spacial score (nSPS) is 11.1. The van der Waals surface area contributed by atoms with E-state index in [1.807, 2.05) is 0 Å². The highest BCUT2D eigenvalue weighted by Crippen LogP contribution is 2.26. The number of aromatic nitrogens is 3. The zero-order chi connectivity index (χ0) is 10.3. The SMILES string of the molecule is FSn1c(Cl)nc2cc(F)c(Br)nc21. The monoisotopic (exact) mass is 299 g/mol. The van der Waals surface area contributed by atoms with Crippen molar-refractivity contribution in [3.63, 3.8) is 0 Å². The lowest BCUT2D eigenvalue weighted by Crippen LogP contribution is -1.89. The Hall–Kier alpha value is -0.400. The summed E-state index contributed by atoms with van der Waals surface area (Å²) in [4.78, 5) is 7.49. The van der Waals surface area contributed by atoms with Crippen molar-refractivity contribution in [2.45, 2.75) is 0 Å². The molecule has 0 aliphatic rings. The van der Waals surface area contributed by atoms with Crippen molar-refractivity contribution in [3.8, 4) is 0 Å². The molecule has 2 heterocycles. The van der Waals surface area contributed by atoms with Crippen LogP contribution in [0.3, 0.4) is 0 Å². The van der Waals surface area contributed by atoms with E-state index in [1.54, 1.807) is 0 Å². The Kier molecular flexibility index (Phi) is 2.63. The largest absolute Gasteiger partial charge is 0.217 e. The van der Waals surface area contributed by atoms with E-state index in [0.717, 1.165) is 10.0 Å². The molecule has 0 unspecified atom stereocenters. The van der Waals surface area contributed by atoms with E-state index in [4.69, 9.17) is 11.6 Å². The van der Waals surface area contributed by atoms with Crippen molar-refractivity contribution in [3.05, 3.63) is 21.8 Å². The number of halogens is 4. The highest BCUT2D eigenvalue weighted by atomic mass is 79.9. The molecule has 0 atom stereocenters. The first-order chi connectivity index (χ1) is 6.63. The number of fused-ring (bicyclic) bond motifs is 1. The summed E-state index contributed by atoms with van der Waals surface area (Å²) in [5.74, 6) is -0.567. The van der Waals surface area contributed by atoms with Crippen LogP contribution in [0.2, 0.25) is 5.28 Å². The van der Waals surface area contributed by atoms with Gasteiger partial charge in [0.15, 0.2) is 23.8 Å². The van der Waals surface area contributed by atoms with Crippen LogP contribution in [0.15, 0.2) is 10.7 Å². The number of hydrogen-bond acceptors (Lipinski definition) is 3. The molecule has 14 heavy (non-hydrogen) atoms. The molecular weight excluding hydrogens is 300 g/mol. The Bertz CT molecular complexity index is 503. The summed E-state index contributed by atoms with van der Waals surface area (Å²) < 4.78 is 26.3. The molecule has 2 rings (SSSR count). The topological polar surface area (TPSA) is 30.7 Å². The maximum atomic E-state index is 13.0. The average molecular weight is 301 g/mol. The van der Waals surface area contributed by atoms with Crippen molar-refractivity contribution in [1.29, 1.82) is 0 Å². The Morgan fingerprint density at radius 3 is 2.86 bits per heavy atom. The van der Waals surface area contributed by atoms with Crippen LogP contribution in [-0.2, 0) is 0 Å². The van der Waals surface area contributed by atoms with Gasteiger partial charge in [0.2, 0.25) is 5.28 Å². The lowest BCUT2D eigenvalue weighted by Gasteiger charge is -1.96. The summed E-state index contributed by atoms with van der Waals surface area (Å²) in [5, 5.41) is -0.0856. The lowest BCUT2D eigenvalue weighted by molar-refractivity contribution is 0.615. The van der Waals surface area contributed by atoms with E-state index in [9.17, 15) is 8.28 Å². The van der Waals surface area contributed by atoms with Crippen LogP contribution in [0.5, 0.6) is 0 Å². The molecule has 0 bridgehead atoms. The van der Waals surface area contributed by atoms with Crippen molar-refractivity contribution < 1.29 is 8.28 Å². The van der Waals surface area contributed by atoms with E-state index in [1.165, 1.54) is 0 Å². The predicted molar refractivity (Wildman–Crippen MR) is 54.3 cm³/mol. The van der Waals surface area contributed by atoms with Crippen LogP contribution in [0, 0.1) is 5.82 Å². The van der Waals surface area contributed by atoms with Crippen LogP contribution in [-0.4, -0.2) is 13.9 Å². The Labute approximate surface area is 95.0 Å². The van der Waals surface area contributed by atoms with Gasteiger partial charge >= 0.3 is 0 Å². The zero-order valence-corrected chi connectivity index (χ0v) is 9.50. The third kappa shape index (κ3) is 1.49. The molecule has 2 aromatic heterocycles. The van der Waals surface area contributed by atoms with Gasteiger partial charge in [-0.25, -0.2) is 18.3 Å². The van der Waals surface area contributed by atoms with Gasteiger partial charge in [0.05, 0.1) is 0 Å². The fraction of sp³-hybridized carbons (Fsp3) is 0. The van der Waals surface area contributed by atoms with Gasteiger partial charge in [0.1, 0.15) is 10.1 Å². The van der Waals surface area contributed by atoms with Crippen molar-refractivity contribution >= 4 is 51.0 Å². The minimum absolute atomic E-state index is 0.00290. The van der Waals surface area contributed by atoms with E-state index >= 15 is 0 Å². The second-order valence-corrected chi connectivity index (χ2v) is 3.94. The van der Waals surface area contributed by atoms with Gasteiger partial charge in [0.25, 0.3) is 0 Å². The summed E-state index contributed by atoms with van der Waals surface area (Å²) in [5.41, 5.74) is 0.386. The van der Waals surface area contributed by atoms with Crippen LogP contribution in [0.25, 0.3) is 11.2 Å². The van der Waals surface area contributed by atoms with Crippen LogP contribution >= 0.6 is 39.9 Å². The van der Waals surface area contributed by atoms with E-state index in [0.29, 0.717) is 0 Å². The molecule has 2 aromatic rings. The highest BCUT2D eigenvalue weighted by Gasteiger charge is 2.14. The Morgan fingerprint density at radius 2 is 2.21 bits per heavy atom. The third-order valence-corrected chi connectivity index (χ3v) is 2.93. The van der Waals surface area contributed by atoms with Gasteiger partial charge in [-0.1, -0.05) is 0 Å². The fourth-order valence-corrected chi connectivity index (χ4v) is 1.80. The molecule has 0 radical (unpaired) electrons. The van der Waals surface area contributed by atoms with Gasteiger partial charge in [-0.05, 0) is 27.5 Å². The molecule has 0 aliphatic carbocycles. The van der Waals surface area contributed by atoms with E-state index < -0.39 is 5.82 Å². The molecule has 0 saturated heterocycles. The van der Waals surface area contributed by atoms with Gasteiger partial charge in [-0.2, -0.15) is 0 Å². The van der Waals surface area contributed by atoms with E-state index in [-0.39, 0.29) is 33.4 Å². The molecule has 0 aromatic carbocycles. The Balaban J connectivity index is 2.82. The number of rotatable bonds is 1. The van der Waals surface area contributed by atoms with Crippen molar-refractivity contribution in [2.75, 3.05) is 0 Å². The minimum atomic E-state index is -0.567. The predicted octanol–water partition coefficient (Wildman–Crippen LogP) is 3.37. The van der Waals surface area contributed by atoms with Crippen molar-refractivity contribution in [2.24, 2.45) is 0 Å². The van der Waals surface area contributed by atoms with Crippen molar-refractivity contribution in [1.82, 2.24) is 13.9 Å². The van der Waals surface area contributed by atoms with Gasteiger partial charge in [-0.3, -0.25) is 0 Å². The first kappa shape index (κ1) is 10.1. The molecule has 3 nitrogen and oxygen atoms in total. The second-order valence-electron chi connectivity index (χ2n) is 2.35. The first-order valence-electron chi connectivity index (χ1n) is 3.32. The highest BCUT2D eigenvalue weighted by molar-refractivity contribution is 9.10. The minimum Gasteiger partial charge on any atom is -0.217 e. The van der Waals surface area contributed by atoms with Gasteiger partial charge in [-0.15, -0.1) is 3.89 Å². The number of imidazole rings is 1. The zero-order valence-electron chi connectivity index (χ0n) is 6.34. The molecular formula is C6HBrClF2N3S. The lowest BCUT2D eigenvalue weighted by atomic mass is 10.4. The summed E-state index contributed by atoms with van der Waals surface area (Å²) in [6.45, 7) is 0. The fourth-order valence-electron chi connectivity index (χ4n) is 0.973. The van der Waals surface area contributed by atoms with Gasteiger partial charge in [0, 0.05) is 6.07 Å². The molecule has 0 spiro atoms. The molecule has 0 N–H and O–H groups in total. The van der Waals surface area contributed by atoms with Crippen LogP contribution in [0.1, 0.15) is 0 Å². The summed E-state index contributed by atoms with van der Waals surface area (Å²) in [6, 6.07) is 1.13. The number of pyridine rings is 1. The molecule has 8 heteroatoms. The number of hydrogen-bond donors (Lipinski definition) is 0. The molecule has 0 amide bonds. The average Bonchev–Trinajstić information content (AvgIpc) is 2.42. The molecule has 0 aliphatic heterocycles. The maximum Gasteiger partial charge on any atom is 0.217 e. The second kappa shape index (κ2) is 3.63. The Morgan fingerprint density at radius 1 is 1.50 bits per heavy atom. The molecule has 0 fully saturated rings. The quantitative estimate of drug-likeness (QED) is 0.757. The maximum absolute atomic E-state index is 13.0. The third-order valence-electron chi connectivity index (χ3n) is 1.54. The smallest absolute Gasteiger partial charge is 0.217 e. The first-order valence-corrected chi connectivity index (χ1v) is 5.17.